The smallest absolute Gasteiger partial charge is 0.282 e. The van der Waals surface area contributed by atoms with Gasteiger partial charge in [0, 0.05) is 17.2 Å². The van der Waals surface area contributed by atoms with E-state index >= 15 is 0 Å². The van der Waals surface area contributed by atoms with Gasteiger partial charge in [0.25, 0.3) is 5.97 Å². The summed E-state index contributed by atoms with van der Waals surface area (Å²) >= 11 is 3.44. The molecule has 3 aliphatic heterocycles. The summed E-state index contributed by atoms with van der Waals surface area (Å²) in [6.07, 6.45) is 1.81. The van der Waals surface area contributed by atoms with Crippen molar-refractivity contribution >= 4 is 15.9 Å². The number of hydrogen-bond acceptors (Lipinski definition) is 3. The SMILES string of the molecule is CCC12OCC(CCBr)(CO1)CO2. The first kappa shape index (κ1) is 9.90. The van der Waals surface area contributed by atoms with E-state index in [4.69, 9.17) is 14.2 Å². The molecular weight excluding hydrogens is 236 g/mol. The van der Waals surface area contributed by atoms with Crippen molar-refractivity contribution in [1.82, 2.24) is 0 Å². The van der Waals surface area contributed by atoms with E-state index in [2.05, 4.69) is 15.9 Å². The van der Waals surface area contributed by atoms with Crippen LogP contribution in [0.15, 0.2) is 0 Å². The molecule has 0 radical (unpaired) electrons. The monoisotopic (exact) mass is 250 g/mol. The summed E-state index contributed by atoms with van der Waals surface area (Å²) in [5.41, 5.74) is 0.0976. The van der Waals surface area contributed by atoms with Gasteiger partial charge < -0.3 is 14.2 Å². The Morgan fingerprint density at radius 1 is 1.15 bits per heavy atom. The Hall–Kier alpha value is 0.360. The van der Waals surface area contributed by atoms with E-state index in [-0.39, 0.29) is 5.41 Å². The van der Waals surface area contributed by atoms with Crippen LogP contribution >= 0.6 is 15.9 Å². The predicted molar refractivity (Wildman–Crippen MR) is 51.7 cm³/mol. The molecule has 0 aromatic rings. The summed E-state index contributed by atoms with van der Waals surface area (Å²) in [5.74, 6) is -0.714. The van der Waals surface area contributed by atoms with Gasteiger partial charge in [-0.1, -0.05) is 22.9 Å². The Morgan fingerprint density at radius 3 is 2.08 bits per heavy atom. The summed E-state index contributed by atoms with van der Waals surface area (Å²) in [7, 11) is 0. The molecule has 4 heteroatoms. The maximum atomic E-state index is 5.60. The molecule has 3 heterocycles. The van der Waals surface area contributed by atoms with Gasteiger partial charge in [0.2, 0.25) is 0 Å². The van der Waals surface area contributed by atoms with Gasteiger partial charge in [0.1, 0.15) is 0 Å². The van der Waals surface area contributed by atoms with Crippen LogP contribution in [0.2, 0.25) is 0 Å². The molecule has 0 atom stereocenters. The lowest BCUT2D eigenvalue weighted by Crippen LogP contribution is -2.59. The molecule has 3 fully saturated rings. The molecule has 0 aromatic carbocycles. The minimum absolute atomic E-state index is 0.0976. The van der Waals surface area contributed by atoms with Gasteiger partial charge in [-0.3, -0.25) is 0 Å². The van der Waals surface area contributed by atoms with E-state index in [1.165, 1.54) is 0 Å². The number of alkyl halides is 1. The number of hydrogen-bond donors (Lipinski definition) is 0. The minimum Gasteiger partial charge on any atom is -0.327 e. The maximum Gasteiger partial charge on any atom is 0.282 e. The van der Waals surface area contributed by atoms with E-state index in [1.54, 1.807) is 0 Å². The Kier molecular flexibility index (Phi) is 2.66. The third kappa shape index (κ3) is 1.65. The first-order valence-corrected chi connectivity index (χ1v) is 5.84. The molecule has 0 saturated carbocycles. The van der Waals surface area contributed by atoms with Gasteiger partial charge in [0.05, 0.1) is 19.8 Å². The fraction of sp³-hybridized carbons (Fsp3) is 1.00. The summed E-state index contributed by atoms with van der Waals surface area (Å²) in [6.45, 7) is 4.33. The van der Waals surface area contributed by atoms with Crippen LogP contribution in [0.5, 0.6) is 0 Å². The van der Waals surface area contributed by atoms with Gasteiger partial charge >= 0.3 is 0 Å². The average molecular weight is 251 g/mol. The average Bonchev–Trinajstić information content (AvgIpc) is 2.21. The molecule has 0 unspecified atom stereocenters. The van der Waals surface area contributed by atoms with Crippen molar-refractivity contribution in [2.24, 2.45) is 5.41 Å². The molecular formula is C9H15BrO3. The van der Waals surface area contributed by atoms with Crippen LogP contribution in [-0.4, -0.2) is 31.1 Å². The van der Waals surface area contributed by atoms with Crippen LogP contribution in [0.3, 0.4) is 0 Å². The molecule has 76 valence electrons. The van der Waals surface area contributed by atoms with Crippen molar-refractivity contribution in [3.8, 4) is 0 Å². The fourth-order valence-electron chi connectivity index (χ4n) is 1.76. The molecule has 0 spiro atoms. The van der Waals surface area contributed by atoms with Crippen LogP contribution in [0.25, 0.3) is 0 Å². The third-order valence-electron chi connectivity index (χ3n) is 2.85. The Morgan fingerprint density at radius 2 is 1.69 bits per heavy atom. The second-order valence-corrected chi connectivity index (χ2v) is 4.63. The van der Waals surface area contributed by atoms with Crippen LogP contribution in [0, 0.1) is 5.41 Å². The molecule has 3 aliphatic rings. The Labute approximate surface area is 86.9 Å². The largest absolute Gasteiger partial charge is 0.327 e. The van der Waals surface area contributed by atoms with E-state index < -0.39 is 5.97 Å². The lowest BCUT2D eigenvalue weighted by Gasteiger charge is -2.51. The molecule has 3 nitrogen and oxygen atoms in total. The number of halogens is 1. The molecule has 3 saturated heterocycles. The van der Waals surface area contributed by atoms with Gasteiger partial charge in [-0.25, -0.2) is 0 Å². The number of rotatable bonds is 3. The molecule has 2 bridgehead atoms. The third-order valence-corrected chi connectivity index (χ3v) is 3.25. The van der Waals surface area contributed by atoms with Gasteiger partial charge in [-0.05, 0) is 6.42 Å². The van der Waals surface area contributed by atoms with E-state index in [0.717, 1.165) is 38.0 Å². The van der Waals surface area contributed by atoms with Crippen LogP contribution in [0.4, 0.5) is 0 Å². The highest BCUT2D eigenvalue weighted by molar-refractivity contribution is 9.09. The van der Waals surface area contributed by atoms with E-state index in [9.17, 15) is 0 Å². The summed E-state index contributed by atoms with van der Waals surface area (Å²) in [5, 5.41) is 0.974. The molecule has 3 rings (SSSR count). The quantitative estimate of drug-likeness (QED) is 0.717. The molecule has 0 aliphatic carbocycles. The van der Waals surface area contributed by atoms with Crippen LogP contribution in [-0.2, 0) is 14.2 Å². The van der Waals surface area contributed by atoms with Crippen molar-refractivity contribution in [3.05, 3.63) is 0 Å². The highest BCUT2D eigenvalue weighted by atomic mass is 79.9. The second kappa shape index (κ2) is 3.50. The second-order valence-electron chi connectivity index (χ2n) is 3.84. The number of fused-ring (bicyclic) bond motifs is 3. The van der Waals surface area contributed by atoms with Gasteiger partial charge in [-0.15, -0.1) is 0 Å². The minimum atomic E-state index is -0.714. The molecule has 0 aromatic heterocycles. The van der Waals surface area contributed by atoms with Crippen molar-refractivity contribution in [2.75, 3.05) is 25.2 Å². The zero-order valence-electron chi connectivity index (χ0n) is 7.85. The molecule has 0 amide bonds. The zero-order valence-corrected chi connectivity index (χ0v) is 9.43. The van der Waals surface area contributed by atoms with Crippen molar-refractivity contribution in [3.63, 3.8) is 0 Å². The summed E-state index contributed by atoms with van der Waals surface area (Å²) < 4.78 is 16.8. The van der Waals surface area contributed by atoms with Crippen molar-refractivity contribution < 1.29 is 14.2 Å². The number of ether oxygens (including phenoxy) is 3. The normalized spacial score (nSPS) is 43.8. The van der Waals surface area contributed by atoms with Crippen LogP contribution in [0.1, 0.15) is 19.8 Å². The molecule has 0 N–H and O–H groups in total. The predicted octanol–water partition coefficient (Wildman–Crippen LogP) is 1.90. The van der Waals surface area contributed by atoms with Crippen LogP contribution < -0.4 is 0 Å². The maximum absolute atomic E-state index is 5.60. The fourth-order valence-corrected chi connectivity index (χ4v) is 2.60. The Balaban J connectivity index is 2.03. The highest BCUT2D eigenvalue weighted by Crippen LogP contribution is 2.42. The topological polar surface area (TPSA) is 27.7 Å². The highest BCUT2D eigenvalue weighted by Gasteiger charge is 2.51. The van der Waals surface area contributed by atoms with Gasteiger partial charge in [0.15, 0.2) is 0 Å². The Bertz CT molecular complexity index is 171. The van der Waals surface area contributed by atoms with E-state index in [0.29, 0.717) is 0 Å². The van der Waals surface area contributed by atoms with Gasteiger partial charge in [-0.2, -0.15) is 0 Å². The first-order chi connectivity index (χ1) is 6.24. The lowest BCUT2D eigenvalue weighted by atomic mass is 9.86. The zero-order chi connectivity index (χ0) is 9.36. The summed E-state index contributed by atoms with van der Waals surface area (Å²) in [4.78, 5) is 0. The van der Waals surface area contributed by atoms with E-state index in [1.807, 2.05) is 6.92 Å². The first-order valence-electron chi connectivity index (χ1n) is 4.72. The summed E-state index contributed by atoms with van der Waals surface area (Å²) in [6, 6.07) is 0. The van der Waals surface area contributed by atoms with Crippen molar-refractivity contribution in [1.29, 1.82) is 0 Å². The molecule has 13 heavy (non-hydrogen) atoms. The standard InChI is InChI=1S/C9H15BrO3/c1-2-9-11-5-8(3-4-10,6-12-9)7-13-9/h2-7H2,1H3. The lowest BCUT2D eigenvalue weighted by molar-refractivity contribution is -0.468. The van der Waals surface area contributed by atoms with Crippen molar-refractivity contribution in [2.45, 2.75) is 25.7 Å².